The quantitative estimate of drug-likeness (QED) is 0.532. The summed E-state index contributed by atoms with van der Waals surface area (Å²) >= 11 is 0. The van der Waals surface area contributed by atoms with E-state index in [1.807, 2.05) is 55.5 Å². The Morgan fingerprint density at radius 1 is 0.885 bits per heavy atom. The second-order valence-electron chi connectivity index (χ2n) is 5.99. The lowest BCUT2D eigenvalue weighted by Crippen LogP contribution is -2.45. The van der Waals surface area contributed by atoms with E-state index in [0.717, 1.165) is 0 Å². The summed E-state index contributed by atoms with van der Waals surface area (Å²) in [5, 5.41) is 5.72. The number of carbonyl (C=O) groups is 2. The molecule has 0 radical (unpaired) electrons. The van der Waals surface area contributed by atoms with Crippen LogP contribution < -0.4 is 10.6 Å². The number of anilines is 2. The van der Waals surface area contributed by atoms with Crippen LogP contribution in [0.2, 0.25) is 0 Å². The van der Waals surface area contributed by atoms with Crippen molar-refractivity contribution in [2.24, 2.45) is 5.41 Å². The van der Waals surface area contributed by atoms with Crippen LogP contribution in [0, 0.1) is 5.41 Å². The molecule has 2 aromatic carbocycles. The first-order valence-corrected chi connectivity index (χ1v) is 8.57. The maximum atomic E-state index is 13.1. The molecule has 0 fully saturated rings. The highest BCUT2D eigenvalue weighted by atomic mass is 16.2. The Labute approximate surface area is 154 Å². The normalized spacial score (nSPS) is 11.1. The Kier molecular flexibility index (Phi) is 6.92. The number of amides is 2. The third kappa shape index (κ3) is 4.70. The second-order valence-corrected chi connectivity index (χ2v) is 5.99. The monoisotopic (exact) mass is 348 g/mol. The second kappa shape index (κ2) is 9.37. The van der Waals surface area contributed by atoms with E-state index >= 15 is 0 Å². The van der Waals surface area contributed by atoms with Gasteiger partial charge in [-0.15, -0.1) is 6.58 Å². The van der Waals surface area contributed by atoms with Crippen molar-refractivity contribution < 1.29 is 9.59 Å². The van der Waals surface area contributed by atoms with Crippen LogP contribution in [0.4, 0.5) is 11.4 Å². The Morgan fingerprint density at radius 2 is 1.35 bits per heavy atom. The van der Waals surface area contributed by atoms with E-state index in [2.05, 4.69) is 17.2 Å². The highest BCUT2D eigenvalue weighted by Gasteiger charge is 2.44. The number of hydrogen-bond acceptors (Lipinski definition) is 2. The SMILES string of the molecule is C=CCC(C/C=C/C)(C(=O)Nc1ccccc1)C(=O)Nc1ccccc1. The van der Waals surface area contributed by atoms with E-state index in [0.29, 0.717) is 11.4 Å². The van der Waals surface area contributed by atoms with Gasteiger partial charge in [-0.2, -0.15) is 0 Å². The van der Waals surface area contributed by atoms with Crippen molar-refractivity contribution in [2.75, 3.05) is 10.6 Å². The molecule has 0 aliphatic carbocycles. The Balaban J connectivity index is 2.34. The van der Waals surface area contributed by atoms with Gasteiger partial charge in [-0.3, -0.25) is 9.59 Å². The van der Waals surface area contributed by atoms with Crippen LogP contribution in [0.3, 0.4) is 0 Å². The summed E-state index contributed by atoms with van der Waals surface area (Å²) in [4.78, 5) is 26.2. The van der Waals surface area contributed by atoms with Crippen molar-refractivity contribution >= 4 is 23.2 Å². The zero-order valence-corrected chi connectivity index (χ0v) is 14.9. The molecule has 134 valence electrons. The molecule has 0 heterocycles. The summed E-state index contributed by atoms with van der Waals surface area (Å²) in [7, 11) is 0. The molecule has 26 heavy (non-hydrogen) atoms. The van der Waals surface area contributed by atoms with E-state index in [4.69, 9.17) is 0 Å². The van der Waals surface area contributed by atoms with Crippen molar-refractivity contribution in [3.63, 3.8) is 0 Å². The minimum Gasteiger partial charge on any atom is -0.325 e. The Morgan fingerprint density at radius 3 is 1.73 bits per heavy atom. The van der Waals surface area contributed by atoms with Gasteiger partial charge in [-0.1, -0.05) is 54.6 Å². The van der Waals surface area contributed by atoms with Crippen molar-refractivity contribution in [2.45, 2.75) is 19.8 Å². The van der Waals surface area contributed by atoms with Crippen molar-refractivity contribution in [3.8, 4) is 0 Å². The molecule has 0 aliphatic rings. The first kappa shape index (κ1) is 19.2. The average molecular weight is 348 g/mol. The number of carbonyl (C=O) groups excluding carboxylic acids is 2. The molecule has 4 heteroatoms. The molecule has 2 amide bonds. The predicted octanol–water partition coefficient (Wildman–Crippen LogP) is 4.79. The molecule has 0 bridgehead atoms. The molecule has 2 N–H and O–H groups in total. The lowest BCUT2D eigenvalue weighted by molar-refractivity contribution is -0.137. The molecule has 0 unspecified atom stereocenters. The molecular formula is C22H24N2O2. The largest absolute Gasteiger partial charge is 0.325 e. The third-order valence-corrected chi connectivity index (χ3v) is 4.13. The summed E-state index contributed by atoms with van der Waals surface area (Å²) in [5.74, 6) is -0.703. The fourth-order valence-corrected chi connectivity index (χ4v) is 2.67. The highest BCUT2D eigenvalue weighted by Crippen LogP contribution is 2.32. The summed E-state index contributed by atoms with van der Waals surface area (Å²) < 4.78 is 0. The predicted molar refractivity (Wildman–Crippen MR) is 107 cm³/mol. The maximum absolute atomic E-state index is 13.1. The number of nitrogens with one attached hydrogen (secondary N) is 2. The highest BCUT2D eigenvalue weighted by molar-refractivity contribution is 6.15. The zero-order chi connectivity index (χ0) is 18.8. The van der Waals surface area contributed by atoms with Gasteiger partial charge in [0.05, 0.1) is 0 Å². The van der Waals surface area contributed by atoms with Gasteiger partial charge < -0.3 is 10.6 Å². The molecule has 0 saturated heterocycles. The summed E-state index contributed by atoms with van der Waals surface area (Å²) in [5.41, 5.74) is 0.0257. The molecule has 4 nitrogen and oxygen atoms in total. The van der Waals surface area contributed by atoms with Crippen molar-refractivity contribution in [1.82, 2.24) is 0 Å². The van der Waals surface area contributed by atoms with Crippen LogP contribution in [-0.4, -0.2) is 11.8 Å². The summed E-state index contributed by atoms with van der Waals surface area (Å²) in [6.45, 7) is 5.61. The first-order chi connectivity index (χ1) is 12.6. The molecular weight excluding hydrogens is 324 g/mol. The first-order valence-electron chi connectivity index (χ1n) is 8.57. The number of allylic oxidation sites excluding steroid dienone is 3. The molecule has 0 aliphatic heterocycles. The van der Waals surface area contributed by atoms with Gasteiger partial charge in [0.2, 0.25) is 11.8 Å². The number of para-hydroxylation sites is 2. The van der Waals surface area contributed by atoms with Gasteiger partial charge in [0, 0.05) is 11.4 Å². The lowest BCUT2D eigenvalue weighted by Gasteiger charge is -2.29. The molecule has 0 atom stereocenters. The maximum Gasteiger partial charge on any atom is 0.240 e. The van der Waals surface area contributed by atoms with Crippen LogP contribution in [0.1, 0.15) is 19.8 Å². The smallest absolute Gasteiger partial charge is 0.240 e. The van der Waals surface area contributed by atoms with Gasteiger partial charge in [-0.25, -0.2) is 0 Å². The van der Waals surface area contributed by atoms with Crippen molar-refractivity contribution in [3.05, 3.63) is 85.5 Å². The van der Waals surface area contributed by atoms with Crippen LogP contribution in [0.5, 0.6) is 0 Å². The summed E-state index contributed by atoms with van der Waals surface area (Å²) in [6, 6.07) is 18.2. The third-order valence-electron chi connectivity index (χ3n) is 4.13. The molecule has 0 saturated carbocycles. The Hall–Kier alpha value is -3.14. The van der Waals surface area contributed by atoms with Gasteiger partial charge >= 0.3 is 0 Å². The zero-order valence-electron chi connectivity index (χ0n) is 14.9. The van der Waals surface area contributed by atoms with E-state index in [9.17, 15) is 9.59 Å². The molecule has 2 rings (SSSR count). The van der Waals surface area contributed by atoms with Crippen LogP contribution in [-0.2, 0) is 9.59 Å². The standard InChI is InChI=1S/C22H24N2O2/c1-3-5-17-22(16-4-2,20(25)23-18-12-8-6-9-13-18)21(26)24-19-14-10-7-11-15-19/h3-15H,2,16-17H2,1H3,(H,23,25)(H,24,26)/b5-3+. The van der Waals surface area contributed by atoms with Crippen LogP contribution in [0.25, 0.3) is 0 Å². The summed E-state index contributed by atoms with van der Waals surface area (Å²) in [6.07, 6.45) is 5.79. The van der Waals surface area contributed by atoms with E-state index in [1.54, 1.807) is 30.3 Å². The van der Waals surface area contributed by atoms with Gasteiger partial charge in [-0.05, 0) is 44.0 Å². The van der Waals surface area contributed by atoms with Gasteiger partial charge in [0.15, 0.2) is 0 Å². The van der Waals surface area contributed by atoms with Gasteiger partial charge in [0.1, 0.15) is 5.41 Å². The number of rotatable bonds is 8. The van der Waals surface area contributed by atoms with Crippen LogP contribution in [0.15, 0.2) is 85.5 Å². The van der Waals surface area contributed by atoms with E-state index in [1.165, 1.54) is 0 Å². The fourth-order valence-electron chi connectivity index (χ4n) is 2.67. The lowest BCUT2D eigenvalue weighted by atomic mass is 9.78. The fraction of sp³-hybridized carbons (Fsp3) is 0.182. The van der Waals surface area contributed by atoms with Crippen LogP contribution >= 0.6 is 0 Å². The minimum atomic E-state index is -1.28. The Bertz CT molecular complexity index is 714. The van der Waals surface area contributed by atoms with E-state index in [-0.39, 0.29) is 24.7 Å². The molecule has 0 aromatic heterocycles. The number of hydrogen-bond donors (Lipinski definition) is 2. The minimum absolute atomic E-state index is 0.231. The topological polar surface area (TPSA) is 58.2 Å². The van der Waals surface area contributed by atoms with E-state index < -0.39 is 5.41 Å². The molecule has 2 aromatic rings. The average Bonchev–Trinajstić information content (AvgIpc) is 2.66. The number of benzene rings is 2. The molecule has 0 spiro atoms. The van der Waals surface area contributed by atoms with Crippen molar-refractivity contribution in [1.29, 1.82) is 0 Å². The van der Waals surface area contributed by atoms with Gasteiger partial charge in [0.25, 0.3) is 0 Å².